The van der Waals surface area contributed by atoms with Gasteiger partial charge in [-0.3, -0.25) is 0 Å². The second kappa shape index (κ2) is 6.25. The highest BCUT2D eigenvalue weighted by molar-refractivity contribution is 5.62. The van der Waals surface area contributed by atoms with Crippen molar-refractivity contribution in [3.63, 3.8) is 0 Å². The zero-order chi connectivity index (χ0) is 21.8. The van der Waals surface area contributed by atoms with Gasteiger partial charge in [0, 0.05) is 0 Å². The molecule has 0 radical (unpaired) electrons. The summed E-state index contributed by atoms with van der Waals surface area (Å²) >= 11 is 0. The monoisotopic (exact) mass is 433 g/mol. The van der Waals surface area contributed by atoms with E-state index in [1.165, 1.54) is 0 Å². The van der Waals surface area contributed by atoms with Crippen molar-refractivity contribution in [3.05, 3.63) is 28.8 Å². The molecule has 0 unspecified atom stereocenters. The molecular weight excluding hydrogens is 431 g/mol. The van der Waals surface area contributed by atoms with E-state index in [0.29, 0.717) is 0 Å². The summed E-state index contributed by atoms with van der Waals surface area (Å²) in [5.41, 5.74) is -13.8. The Balaban J connectivity index is 4.17. The van der Waals surface area contributed by atoms with Crippen LogP contribution >= 0.6 is 0 Å². The van der Waals surface area contributed by atoms with Crippen molar-refractivity contribution >= 4 is 5.69 Å². The van der Waals surface area contributed by atoms with Crippen molar-refractivity contribution in [2.75, 3.05) is 4.90 Å². The van der Waals surface area contributed by atoms with Crippen molar-refractivity contribution in [2.45, 2.75) is 31.1 Å². The Hall–Kier alpha value is -2.03. The number of alkyl halides is 15. The highest BCUT2D eigenvalue weighted by atomic mass is 19.4. The van der Waals surface area contributed by atoms with Crippen LogP contribution in [-0.4, -0.2) is 12.6 Å². The van der Waals surface area contributed by atoms with E-state index in [1.807, 2.05) is 0 Å². The van der Waals surface area contributed by atoms with Crippen LogP contribution in [0.4, 0.5) is 71.5 Å². The van der Waals surface area contributed by atoms with E-state index >= 15 is 0 Å². The summed E-state index contributed by atoms with van der Waals surface area (Å²) in [6, 6.07) is -1.93. The third-order valence-corrected chi connectivity index (χ3v) is 2.80. The van der Waals surface area contributed by atoms with Gasteiger partial charge in [0.15, 0.2) is 0 Å². The Morgan fingerprint density at radius 2 is 0.852 bits per heavy atom. The topological polar surface area (TPSA) is 3.24 Å². The molecule has 0 aliphatic rings. The number of nitrogens with zero attached hydrogens (tertiary/aromatic N) is 1. The Kier molecular flexibility index (Phi) is 5.33. The maximum atomic E-state index is 12.9. The summed E-state index contributed by atoms with van der Waals surface area (Å²) in [6.07, 6.45) is -32.9. The van der Waals surface area contributed by atoms with Gasteiger partial charge in [0.1, 0.15) is 0 Å². The zero-order valence-electron chi connectivity index (χ0n) is 11.8. The minimum absolute atomic E-state index is 0.947. The van der Waals surface area contributed by atoms with Crippen LogP contribution in [0.2, 0.25) is 0 Å². The summed E-state index contributed by atoms with van der Waals surface area (Å²) in [7, 11) is 0. The molecule has 16 heteroatoms. The minimum Gasteiger partial charge on any atom is -0.193 e. The van der Waals surface area contributed by atoms with E-state index in [1.54, 1.807) is 0 Å². The molecule has 0 fully saturated rings. The van der Waals surface area contributed by atoms with Gasteiger partial charge in [-0.2, -0.15) is 44.4 Å². The molecule has 1 aromatic rings. The first-order valence-electron chi connectivity index (χ1n) is 5.92. The Morgan fingerprint density at radius 3 is 1.11 bits per heavy atom. The number of anilines is 1. The Bertz CT molecular complexity index is 670. The summed E-state index contributed by atoms with van der Waals surface area (Å²) in [5, 5.41) is 0. The zero-order valence-corrected chi connectivity index (χ0v) is 11.8. The molecule has 0 saturated carbocycles. The highest BCUT2D eigenvalue weighted by Crippen LogP contribution is 2.52. The molecule has 0 spiro atoms. The number of hydrogen-bond donors (Lipinski definition) is 0. The van der Waals surface area contributed by atoms with Crippen molar-refractivity contribution in [3.8, 4) is 0 Å². The van der Waals surface area contributed by atoms with Gasteiger partial charge < -0.3 is 0 Å². The van der Waals surface area contributed by atoms with Gasteiger partial charge in [-0.05, 0) is 12.1 Å². The minimum atomic E-state index is -6.74. The predicted molar refractivity (Wildman–Crippen MR) is 56.0 cm³/mol. The molecule has 1 aromatic carbocycles. The molecule has 0 aromatic heterocycles. The molecule has 156 valence electrons. The maximum absolute atomic E-state index is 12.9. The lowest BCUT2D eigenvalue weighted by Gasteiger charge is -2.32. The smallest absolute Gasteiger partial charge is 0.193 e. The summed E-state index contributed by atoms with van der Waals surface area (Å²) < 4.78 is 190. The lowest BCUT2D eigenvalue weighted by Crippen LogP contribution is -2.49. The molecule has 0 heterocycles. The number of rotatable bonds is 1. The van der Waals surface area contributed by atoms with Gasteiger partial charge in [-0.1, -0.05) is 0 Å². The number of hydrogen-bond acceptors (Lipinski definition) is 1. The fourth-order valence-corrected chi connectivity index (χ4v) is 2.01. The van der Waals surface area contributed by atoms with Crippen molar-refractivity contribution in [1.29, 1.82) is 0 Å². The van der Waals surface area contributed by atoms with Gasteiger partial charge in [0.2, 0.25) is 0 Å². The molecule has 1 rings (SSSR count). The highest BCUT2D eigenvalue weighted by Gasteiger charge is 2.59. The van der Waals surface area contributed by atoms with Gasteiger partial charge in [0.25, 0.3) is 0 Å². The second-order valence-electron chi connectivity index (χ2n) is 4.65. The quantitative estimate of drug-likeness (QED) is 0.357. The van der Waals surface area contributed by atoms with Crippen molar-refractivity contribution < 1.29 is 65.9 Å². The Morgan fingerprint density at radius 1 is 0.481 bits per heavy atom. The van der Waals surface area contributed by atoms with Gasteiger partial charge in [-0.25, -0.2) is 0 Å². The van der Waals surface area contributed by atoms with E-state index in [0.717, 1.165) is 0 Å². The van der Waals surface area contributed by atoms with Gasteiger partial charge in [-0.15, -0.1) is 26.3 Å². The largest absolute Gasteiger partial charge is 0.491 e. The lowest BCUT2D eigenvalue weighted by molar-refractivity contribution is -0.228. The van der Waals surface area contributed by atoms with Crippen LogP contribution in [0.1, 0.15) is 16.7 Å². The lowest BCUT2D eigenvalue weighted by atomic mass is 9.96. The molecular formula is C11H2F15N. The Labute approximate surface area is 137 Å². The van der Waals surface area contributed by atoms with Crippen LogP contribution in [0.15, 0.2) is 12.1 Å². The summed E-state index contributed by atoms with van der Waals surface area (Å²) in [6.45, 7) is 0. The second-order valence-corrected chi connectivity index (χ2v) is 4.65. The van der Waals surface area contributed by atoms with Crippen LogP contribution in [-0.2, 0) is 18.5 Å². The molecule has 0 saturated heterocycles. The fraction of sp³-hybridized carbons (Fsp3) is 0.455. The SMILES string of the molecule is FC(F)(F)c1ccc(N(C(F)(F)F)C(F)(F)F)c(C(F)(F)F)c1C(F)(F)F. The number of benzene rings is 1. The first kappa shape index (κ1) is 23.0. The van der Waals surface area contributed by atoms with E-state index in [-0.39, 0.29) is 0 Å². The average molecular weight is 433 g/mol. The van der Waals surface area contributed by atoms with Crippen molar-refractivity contribution in [2.24, 2.45) is 0 Å². The molecule has 0 atom stereocenters. The van der Waals surface area contributed by atoms with Crippen LogP contribution in [0.3, 0.4) is 0 Å². The summed E-state index contributed by atoms with van der Waals surface area (Å²) in [5.74, 6) is 0. The summed E-state index contributed by atoms with van der Waals surface area (Å²) in [4.78, 5) is -2.96. The van der Waals surface area contributed by atoms with E-state index in [4.69, 9.17) is 0 Å². The fourth-order valence-electron chi connectivity index (χ4n) is 2.01. The molecule has 0 aliphatic carbocycles. The third kappa shape index (κ3) is 4.82. The molecule has 1 nitrogen and oxygen atoms in total. The number of halogens is 15. The molecule has 0 aliphatic heterocycles. The van der Waals surface area contributed by atoms with E-state index in [9.17, 15) is 65.9 Å². The molecule has 0 amide bonds. The normalized spacial score (nSPS) is 14.5. The van der Waals surface area contributed by atoms with Crippen LogP contribution in [0.5, 0.6) is 0 Å². The maximum Gasteiger partial charge on any atom is 0.491 e. The third-order valence-electron chi connectivity index (χ3n) is 2.80. The van der Waals surface area contributed by atoms with E-state index < -0.39 is 70.5 Å². The van der Waals surface area contributed by atoms with Crippen molar-refractivity contribution in [1.82, 2.24) is 0 Å². The molecule has 0 bridgehead atoms. The van der Waals surface area contributed by atoms with Crippen LogP contribution in [0.25, 0.3) is 0 Å². The first-order chi connectivity index (χ1) is 11.6. The predicted octanol–water partition coefficient (Wildman–Crippen LogP) is 6.59. The molecule has 27 heavy (non-hydrogen) atoms. The van der Waals surface area contributed by atoms with Gasteiger partial charge in [0.05, 0.1) is 22.4 Å². The van der Waals surface area contributed by atoms with Crippen LogP contribution in [0, 0.1) is 0 Å². The molecule has 0 N–H and O–H groups in total. The standard InChI is InChI=1S/C11H2F15N/c12-7(13,14)3-1-2-4(27(10(21,22)23)11(24,25)26)6(9(18,19)20)5(3)8(15,16)17/h1-2H. The first-order valence-corrected chi connectivity index (χ1v) is 5.92. The van der Waals surface area contributed by atoms with Gasteiger partial charge >= 0.3 is 31.1 Å². The average Bonchev–Trinajstić information content (AvgIpc) is 2.30. The van der Waals surface area contributed by atoms with E-state index in [2.05, 4.69) is 0 Å². The van der Waals surface area contributed by atoms with Crippen LogP contribution < -0.4 is 4.90 Å².